The first-order chi connectivity index (χ1) is 7.95. The van der Waals surface area contributed by atoms with Gasteiger partial charge in [-0.1, -0.05) is 13.8 Å². The van der Waals surface area contributed by atoms with Gasteiger partial charge in [-0.15, -0.1) is 0 Å². The minimum Gasteiger partial charge on any atom is -0.480 e. The Hall–Kier alpha value is -0.650. The van der Waals surface area contributed by atoms with Crippen molar-refractivity contribution in [1.29, 1.82) is 0 Å². The molecule has 0 bridgehead atoms. The molecule has 0 rings (SSSR count). The molecular weight excluding hydrogens is 222 g/mol. The first-order valence-corrected chi connectivity index (χ1v) is 5.92. The third kappa shape index (κ3) is 5.48. The van der Waals surface area contributed by atoms with Crippen molar-refractivity contribution in [1.82, 2.24) is 4.90 Å². The van der Waals surface area contributed by atoms with Gasteiger partial charge in [0, 0.05) is 26.8 Å². The summed E-state index contributed by atoms with van der Waals surface area (Å²) in [6, 6.07) is -0.450. The Kier molecular flexibility index (Phi) is 8.12. The number of hydrogen-bond acceptors (Lipinski definition) is 4. The third-order valence-electron chi connectivity index (χ3n) is 2.77. The zero-order valence-electron chi connectivity index (χ0n) is 11.5. The highest BCUT2D eigenvalue weighted by atomic mass is 16.5. The van der Waals surface area contributed by atoms with Crippen LogP contribution in [0.4, 0.5) is 0 Å². The van der Waals surface area contributed by atoms with Crippen LogP contribution in [0.1, 0.15) is 20.8 Å². The van der Waals surface area contributed by atoms with Crippen molar-refractivity contribution < 1.29 is 19.4 Å². The summed E-state index contributed by atoms with van der Waals surface area (Å²) in [5, 5.41) is 9.31. The number of carboxylic acid groups (broad SMARTS) is 1. The van der Waals surface area contributed by atoms with Gasteiger partial charge in [-0.05, 0) is 12.8 Å². The van der Waals surface area contributed by atoms with Crippen LogP contribution in [0.5, 0.6) is 0 Å². The fraction of sp³-hybridized carbons (Fsp3) is 0.917. The Balaban J connectivity index is 4.77. The SMILES string of the molecule is COCCN(C(C)COC)C(C(=O)O)C(C)C. The van der Waals surface area contributed by atoms with Gasteiger partial charge in [-0.2, -0.15) is 0 Å². The molecule has 0 heterocycles. The van der Waals surface area contributed by atoms with Crippen LogP contribution in [0.3, 0.4) is 0 Å². The Bertz CT molecular complexity index is 221. The highest BCUT2D eigenvalue weighted by Crippen LogP contribution is 2.15. The summed E-state index contributed by atoms with van der Waals surface area (Å²) in [5.74, 6) is -0.747. The van der Waals surface area contributed by atoms with E-state index in [1.807, 2.05) is 25.7 Å². The van der Waals surface area contributed by atoms with Gasteiger partial charge in [0.2, 0.25) is 0 Å². The predicted octanol–water partition coefficient (Wildman–Crippen LogP) is 1.08. The van der Waals surface area contributed by atoms with Gasteiger partial charge in [0.05, 0.1) is 13.2 Å². The fourth-order valence-electron chi connectivity index (χ4n) is 1.98. The number of nitrogens with zero attached hydrogens (tertiary/aromatic N) is 1. The molecule has 0 saturated heterocycles. The van der Waals surface area contributed by atoms with E-state index in [4.69, 9.17) is 9.47 Å². The highest BCUT2D eigenvalue weighted by molar-refractivity contribution is 5.73. The maximum atomic E-state index is 11.3. The first-order valence-electron chi connectivity index (χ1n) is 5.92. The Morgan fingerprint density at radius 3 is 2.18 bits per heavy atom. The van der Waals surface area contributed by atoms with E-state index in [0.717, 1.165) is 0 Å². The summed E-state index contributed by atoms with van der Waals surface area (Å²) >= 11 is 0. The van der Waals surface area contributed by atoms with Gasteiger partial charge < -0.3 is 14.6 Å². The number of hydrogen-bond donors (Lipinski definition) is 1. The lowest BCUT2D eigenvalue weighted by molar-refractivity contribution is -0.147. The lowest BCUT2D eigenvalue weighted by atomic mass is 10.0. The van der Waals surface area contributed by atoms with Gasteiger partial charge in [-0.25, -0.2) is 0 Å². The molecule has 5 nitrogen and oxygen atoms in total. The molecule has 5 heteroatoms. The average molecular weight is 247 g/mol. The van der Waals surface area contributed by atoms with Crippen molar-refractivity contribution in [3.63, 3.8) is 0 Å². The van der Waals surface area contributed by atoms with Gasteiger partial charge in [0.1, 0.15) is 6.04 Å². The van der Waals surface area contributed by atoms with E-state index in [1.54, 1.807) is 14.2 Å². The van der Waals surface area contributed by atoms with Gasteiger partial charge >= 0.3 is 5.97 Å². The second kappa shape index (κ2) is 8.44. The van der Waals surface area contributed by atoms with Gasteiger partial charge in [0.25, 0.3) is 0 Å². The Labute approximate surface area is 104 Å². The highest BCUT2D eigenvalue weighted by Gasteiger charge is 2.31. The summed E-state index contributed by atoms with van der Waals surface area (Å²) in [4.78, 5) is 13.3. The predicted molar refractivity (Wildman–Crippen MR) is 66.2 cm³/mol. The lowest BCUT2D eigenvalue weighted by Gasteiger charge is -2.35. The third-order valence-corrected chi connectivity index (χ3v) is 2.77. The van der Waals surface area contributed by atoms with Gasteiger partial charge in [0.15, 0.2) is 0 Å². The Morgan fingerprint density at radius 1 is 1.24 bits per heavy atom. The van der Waals surface area contributed by atoms with E-state index >= 15 is 0 Å². The molecule has 0 aromatic rings. The first kappa shape index (κ1) is 16.4. The zero-order valence-corrected chi connectivity index (χ0v) is 11.5. The number of methoxy groups -OCH3 is 2. The molecule has 0 amide bonds. The summed E-state index contributed by atoms with van der Waals surface area (Å²) < 4.78 is 10.1. The maximum absolute atomic E-state index is 11.3. The molecule has 0 aliphatic rings. The van der Waals surface area contributed by atoms with Crippen molar-refractivity contribution in [3.8, 4) is 0 Å². The number of rotatable bonds is 9. The standard InChI is InChI=1S/C12H25NO4/c1-9(2)11(12(14)15)13(6-7-16-4)10(3)8-17-5/h9-11H,6-8H2,1-5H3,(H,14,15). The van der Waals surface area contributed by atoms with Crippen molar-refractivity contribution in [3.05, 3.63) is 0 Å². The molecule has 0 spiro atoms. The minimum absolute atomic E-state index is 0.0451. The molecule has 0 aliphatic heterocycles. The van der Waals surface area contributed by atoms with E-state index in [2.05, 4.69) is 0 Å². The second-order valence-electron chi connectivity index (χ2n) is 4.56. The molecule has 0 aromatic carbocycles. The van der Waals surface area contributed by atoms with Crippen LogP contribution in [0.2, 0.25) is 0 Å². The van der Waals surface area contributed by atoms with Crippen LogP contribution in [0.25, 0.3) is 0 Å². The van der Waals surface area contributed by atoms with Crippen molar-refractivity contribution in [2.45, 2.75) is 32.9 Å². The second-order valence-corrected chi connectivity index (χ2v) is 4.56. The molecule has 2 atom stereocenters. The van der Waals surface area contributed by atoms with Crippen LogP contribution in [0, 0.1) is 5.92 Å². The van der Waals surface area contributed by atoms with E-state index in [-0.39, 0.29) is 12.0 Å². The molecule has 0 fully saturated rings. The van der Waals surface area contributed by atoms with Crippen LogP contribution in [-0.4, -0.2) is 62.0 Å². The van der Waals surface area contributed by atoms with Crippen molar-refractivity contribution >= 4 is 5.97 Å². The zero-order chi connectivity index (χ0) is 13.4. The number of carbonyl (C=O) groups is 1. The summed E-state index contributed by atoms with van der Waals surface area (Å²) in [7, 11) is 3.24. The molecule has 0 aliphatic carbocycles. The molecule has 1 N–H and O–H groups in total. The molecular formula is C12H25NO4. The maximum Gasteiger partial charge on any atom is 0.321 e. The van der Waals surface area contributed by atoms with Crippen molar-refractivity contribution in [2.24, 2.45) is 5.92 Å². The van der Waals surface area contributed by atoms with E-state index in [0.29, 0.717) is 19.8 Å². The van der Waals surface area contributed by atoms with Crippen LogP contribution in [-0.2, 0) is 14.3 Å². The van der Waals surface area contributed by atoms with Gasteiger partial charge in [-0.3, -0.25) is 9.69 Å². The fourth-order valence-corrected chi connectivity index (χ4v) is 1.98. The average Bonchev–Trinajstić information content (AvgIpc) is 2.22. The number of aliphatic carboxylic acids is 1. The Morgan fingerprint density at radius 2 is 1.82 bits per heavy atom. The molecule has 0 aromatic heterocycles. The van der Waals surface area contributed by atoms with Crippen LogP contribution in [0.15, 0.2) is 0 Å². The molecule has 0 saturated carbocycles. The summed E-state index contributed by atoms with van der Waals surface area (Å²) in [5.41, 5.74) is 0. The topological polar surface area (TPSA) is 59.0 Å². The quantitative estimate of drug-likeness (QED) is 0.660. The smallest absolute Gasteiger partial charge is 0.321 e. The molecule has 0 radical (unpaired) electrons. The molecule has 102 valence electrons. The van der Waals surface area contributed by atoms with Crippen molar-refractivity contribution in [2.75, 3.05) is 34.0 Å². The number of carboxylic acids is 1. The van der Waals surface area contributed by atoms with E-state index < -0.39 is 12.0 Å². The number of ether oxygens (including phenoxy) is 2. The molecule has 17 heavy (non-hydrogen) atoms. The normalized spacial score (nSPS) is 15.2. The van der Waals surface area contributed by atoms with E-state index in [9.17, 15) is 9.90 Å². The monoisotopic (exact) mass is 247 g/mol. The lowest BCUT2D eigenvalue weighted by Crippen LogP contribution is -2.51. The van der Waals surface area contributed by atoms with Crippen LogP contribution < -0.4 is 0 Å². The largest absolute Gasteiger partial charge is 0.480 e. The minimum atomic E-state index is -0.793. The summed E-state index contributed by atoms with van der Waals surface area (Å²) in [6.07, 6.45) is 0. The van der Waals surface area contributed by atoms with E-state index in [1.165, 1.54) is 0 Å². The summed E-state index contributed by atoms with van der Waals surface area (Å²) in [6.45, 7) is 7.43. The molecule has 2 unspecified atom stereocenters. The van der Waals surface area contributed by atoms with Crippen LogP contribution >= 0.6 is 0 Å².